The number of carbonyl (C=O) groups excluding carboxylic acids is 2. The molecular weight excluding hydrogens is 416 g/mol. The van der Waals surface area contributed by atoms with Crippen molar-refractivity contribution in [1.82, 2.24) is 9.88 Å². The van der Waals surface area contributed by atoms with Gasteiger partial charge in [-0.1, -0.05) is 23.7 Å². The van der Waals surface area contributed by atoms with E-state index in [1.54, 1.807) is 35.6 Å². The monoisotopic (exact) mass is 436 g/mol. The maximum Gasteiger partial charge on any atom is 0.256 e. The highest BCUT2D eigenvalue weighted by Gasteiger charge is 2.34. The smallest absolute Gasteiger partial charge is 0.256 e. The molecule has 4 heterocycles. The fourth-order valence-electron chi connectivity index (χ4n) is 4.20. The average molecular weight is 437 g/mol. The van der Waals surface area contributed by atoms with Gasteiger partial charge in [-0.05, 0) is 48.7 Å². The van der Waals surface area contributed by atoms with Crippen LogP contribution in [0.1, 0.15) is 40.6 Å². The fraction of sp³-hybridized carbons (Fsp3) is 0.261. The third-order valence-corrected chi connectivity index (χ3v) is 6.00. The van der Waals surface area contributed by atoms with Crippen LogP contribution in [0.15, 0.2) is 59.3 Å². The van der Waals surface area contributed by atoms with Gasteiger partial charge in [0.05, 0.1) is 36.6 Å². The van der Waals surface area contributed by atoms with E-state index in [2.05, 4.69) is 10.3 Å². The van der Waals surface area contributed by atoms with Crippen molar-refractivity contribution >= 4 is 34.9 Å². The number of furan rings is 1. The standard InChI is InChI=1S/C23H21ClN4O3/c24-17-7-5-15(6-8-17)14-28-19-11-16(12-25-22(19)26-13-21(28)29)23(30)27-9-1-3-18(27)20-4-2-10-31-20/h2,4-8,10-12,18H,1,3,9,13-14H2,(H,25,26). The van der Waals surface area contributed by atoms with Gasteiger partial charge in [0.15, 0.2) is 5.82 Å². The zero-order chi connectivity index (χ0) is 21.4. The van der Waals surface area contributed by atoms with Crippen molar-refractivity contribution in [1.29, 1.82) is 0 Å². The molecule has 1 saturated heterocycles. The zero-order valence-electron chi connectivity index (χ0n) is 16.8. The van der Waals surface area contributed by atoms with Gasteiger partial charge >= 0.3 is 0 Å². The van der Waals surface area contributed by atoms with Crippen molar-refractivity contribution in [2.24, 2.45) is 0 Å². The van der Waals surface area contributed by atoms with Gasteiger partial charge in [0, 0.05) is 17.8 Å². The van der Waals surface area contributed by atoms with Crippen molar-refractivity contribution in [3.8, 4) is 0 Å². The highest BCUT2D eigenvalue weighted by molar-refractivity contribution is 6.30. The Labute approximate surface area is 184 Å². The van der Waals surface area contributed by atoms with Crippen LogP contribution < -0.4 is 10.2 Å². The van der Waals surface area contributed by atoms with Crippen LogP contribution >= 0.6 is 11.6 Å². The maximum absolute atomic E-state index is 13.3. The first-order valence-corrected chi connectivity index (χ1v) is 10.6. The van der Waals surface area contributed by atoms with Crippen molar-refractivity contribution in [2.75, 3.05) is 23.3 Å². The minimum Gasteiger partial charge on any atom is -0.467 e. The van der Waals surface area contributed by atoms with E-state index >= 15 is 0 Å². The summed E-state index contributed by atoms with van der Waals surface area (Å²) in [5.74, 6) is 1.19. The van der Waals surface area contributed by atoms with Gasteiger partial charge < -0.3 is 19.5 Å². The normalized spacial score (nSPS) is 18.1. The molecule has 2 amide bonds. The Morgan fingerprint density at radius 1 is 1.26 bits per heavy atom. The zero-order valence-corrected chi connectivity index (χ0v) is 17.5. The van der Waals surface area contributed by atoms with Gasteiger partial charge in [0.1, 0.15) is 5.76 Å². The molecule has 0 aliphatic carbocycles. The van der Waals surface area contributed by atoms with Gasteiger partial charge in [0.25, 0.3) is 5.91 Å². The number of hydrogen-bond acceptors (Lipinski definition) is 5. The summed E-state index contributed by atoms with van der Waals surface area (Å²) < 4.78 is 5.55. The van der Waals surface area contributed by atoms with Crippen LogP contribution in [0, 0.1) is 0 Å². The van der Waals surface area contributed by atoms with Crippen molar-refractivity contribution in [2.45, 2.75) is 25.4 Å². The van der Waals surface area contributed by atoms with Crippen LogP contribution in [-0.2, 0) is 11.3 Å². The van der Waals surface area contributed by atoms with Gasteiger partial charge in [-0.15, -0.1) is 0 Å². The molecule has 0 radical (unpaired) electrons. The second kappa shape index (κ2) is 8.07. The maximum atomic E-state index is 13.3. The highest BCUT2D eigenvalue weighted by Crippen LogP contribution is 2.35. The van der Waals surface area contributed by atoms with Crippen LogP contribution in [-0.4, -0.2) is 34.8 Å². The van der Waals surface area contributed by atoms with Gasteiger partial charge in [-0.2, -0.15) is 0 Å². The summed E-state index contributed by atoms with van der Waals surface area (Å²) in [6, 6.07) is 12.8. The van der Waals surface area contributed by atoms with Gasteiger partial charge in [-0.3, -0.25) is 9.59 Å². The summed E-state index contributed by atoms with van der Waals surface area (Å²) in [6.45, 7) is 1.20. The van der Waals surface area contributed by atoms with E-state index in [1.807, 2.05) is 29.2 Å². The summed E-state index contributed by atoms with van der Waals surface area (Å²) in [4.78, 5) is 33.9. The Hall–Kier alpha value is -3.32. The summed E-state index contributed by atoms with van der Waals surface area (Å²) in [5, 5.41) is 3.68. The van der Waals surface area contributed by atoms with E-state index in [0.717, 1.165) is 24.2 Å². The number of anilines is 2. The topological polar surface area (TPSA) is 78.7 Å². The number of fused-ring (bicyclic) bond motifs is 1. The Morgan fingerprint density at radius 2 is 2.10 bits per heavy atom. The van der Waals surface area contributed by atoms with Gasteiger partial charge in [0.2, 0.25) is 5.91 Å². The molecule has 31 heavy (non-hydrogen) atoms. The Kier molecular flexibility index (Phi) is 5.11. The van der Waals surface area contributed by atoms with Crippen LogP contribution in [0.4, 0.5) is 11.5 Å². The number of carbonyl (C=O) groups is 2. The second-order valence-corrected chi connectivity index (χ2v) is 8.16. The molecule has 0 bridgehead atoms. The number of halogens is 1. The molecule has 2 aliphatic heterocycles. The quantitative estimate of drug-likeness (QED) is 0.661. The third kappa shape index (κ3) is 3.77. The molecule has 7 nitrogen and oxygen atoms in total. The molecule has 0 spiro atoms. The lowest BCUT2D eigenvalue weighted by Crippen LogP contribution is -2.40. The minimum atomic E-state index is -0.112. The van der Waals surface area contributed by atoms with E-state index in [1.165, 1.54) is 0 Å². The van der Waals surface area contributed by atoms with Gasteiger partial charge in [-0.25, -0.2) is 4.98 Å². The third-order valence-electron chi connectivity index (χ3n) is 5.75. The van der Waals surface area contributed by atoms with E-state index < -0.39 is 0 Å². The fourth-order valence-corrected chi connectivity index (χ4v) is 4.33. The SMILES string of the molecule is O=C1CNc2ncc(C(=O)N3CCCC3c3ccco3)cc2N1Cc1ccc(Cl)cc1. The number of rotatable bonds is 4. The minimum absolute atomic E-state index is 0.0801. The lowest BCUT2D eigenvalue weighted by molar-refractivity contribution is -0.117. The Balaban J connectivity index is 1.44. The summed E-state index contributed by atoms with van der Waals surface area (Å²) in [7, 11) is 0. The van der Waals surface area contributed by atoms with Crippen molar-refractivity contribution < 1.29 is 14.0 Å². The number of nitrogens with one attached hydrogen (secondary N) is 1. The lowest BCUT2D eigenvalue weighted by atomic mass is 10.1. The molecule has 5 rings (SSSR count). The first-order chi connectivity index (χ1) is 15.1. The van der Waals surface area contributed by atoms with Crippen molar-refractivity contribution in [3.05, 3.63) is 76.8 Å². The molecule has 1 unspecified atom stereocenters. The largest absolute Gasteiger partial charge is 0.467 e. The molecule has 0 saturated carbocycles. The first kappa shape index (κ1) is 19.6. The van der Waals surface area contributed by atoms with Crippen LogP contribution in [0.3, 0.4) is 0 Å². The molecule has 2 aromatic heterocycles. The number of benzene rings is 1. The molecule has 8 heteroatoms. The summed E-state index contributed by atoms with van der Waals surface area (Å²) >= 11 is 5.98. The average Bonchev–Trinajstić information content (AvgIpc) is 3.48. The van der Waals surface area contributed by atoms with Crippen LogP contribution in [0.25, 0.3) is 0 Å². The van der Waals surface area contributed by atoms with E-state index in [-0.39, 0.29) is 24.4 Å². The Bertz CT molecular complexity index is 1110. The lowest BCUT2D eigenvalue weighted by Gasteiger charge is -2.30. The molecule has 1 atom stereocenters. The molecular formula is C23H21ClN4O3. The molecule has 2 aliphatic rings. The van der Waals surface area contributed by atoms with E-state index in [4.69, 9.17) is 16.0 Å². The van der Waals surface area contributed by atoms with Crippen LogP contribution in [0.2, 0.25) is 5.02 Å². The molecule has 1 fully saturated rings. The molecule has 1 N–H and O–H groups in total. The highest BCUT2D eigenvalue weighted by atomic mass is 35.5. The first-order valence-electron chi connectivity index (χ1n) is 10.2. The molecule has 3 aromatic rings. The number of pyridine rings is 1. The number of hydrogen-bond donors (Lipinski definition) is 1. The number of aromatic nitrogens is 1. The Morgan fingerprint density at radius 3 is 2.87 bits per heavy atom. The summed E-state index contributed by atoms with van der Waals surface area (Å²) in [6.07, 6.45) is 4.98. The van der Waals surface area contributed by atoms with Crippen molar-refractivity contribution in [3.63, 3.8) is 0 Å². The number of nitrogens with zero attached hydrogens (tertiary/aromatic N) is 3. The predicted molar refractivity (Wildman–Crippen MR) is 117 cm³/mol. The van der Waals surface area contributed by atoms with Crippen LogP contribution in [0.5, 0.6) is 0 Å². The predicted octanol–water partition coefficient (Wildman–Crippen LogP) is 4.26. The number of likely N-dealkylation sites (tertiary alicyclic amines) is 1. The number of amides is 2. The molecule has 158 valence electrons. The van der Waals surface area contributed by atoms with E-state index in [9.17, 15) is 9.59 Å². The molecule has 1 aromatic carbocycles. The summed E-state index contributed by atoms with van der Waals surface area (Å²) in [5.41, 5.74) is 2.00. The second-order valence-electron chi connectivity index (χ2n) is 7.72. The van der Waals surface area contributed by atoms with E-state index in [0.29, 0.717) is 35.2 Å².